The second-order valence-electron chi connectivity index (χ2n) is 5.83. The second kappa shape index (κ2) is 5.36. The lowest BCUT2D eigenvalue weighted by Gasteiger charge is -2.27. The van der Waals surface area contributed by atoms with Gasteiger partial charge in [0.05, 0.1) is 12.5 Å². The van der Waals surface area contributed by atoms with Crippen LogP contribution in [0.2, 0.25) is 0 Å². The van der Waals surface area contributed by atoms with Gasteiger partial charge in [0, 0.05) is 18.5 Å². The highest BCUT2D eigenvalue weighted by Crippen LogP contribution is 2.37. The van der Waals surface area contributed by atoms with Crippen LogP contribution in [0.1, 0.15) is 32.6 Å². The van der Waals surface area contributed by atoms with Gasteiger partial charge in [-0.1, -0.05) is 19.8 Å². The minimum absolute atomic E-state index is 0.0368. The van der Waals surface area contributed by atoms with E-state index in [0.29, 0.717) is 12.5 Å². The summed E-state index contributed by atoms with van der Waals surface area (Å²) in [4.78, 5) is 12.0. The van der Waals surface area contributed by atoms with Gasteiger partial charge in [0.2, 0.25) is 5.91 Å². The molecule has 98 valence electrons. The summed E-state index contributed by atoms with van der Waals surface area (Å²) in [7, 11) is 0. The van der Waals surface area contributed by atoms with E-state index < -0.39 is 0 Å². The zero-order chi connectivity index (χ0) is 12.3. The summed E-state index contributed by atoms with van der Waals surface area (Å²) in [6, 6.07) is 0. The maximum atomic E-state index is 12.0. The molecular formula is C13H24N2O2. The van der Waals surface area contributed by atoms with Crippen molar-refractivity contribution < 1.29 is 9.90 Å². The Kier molecular flexibility index (Phi) is 4.05. The SMILES string of the molecule is CC1CNCC1C(=O)NCC1(CO)CCCC1. The van der Waals surface area contributed by atoms with Crippen molar-refractivity contribution in [3.8, 4) is 0 Å². The molecule has 0 spiro atoms. The van der Waals surface area contributed by atoms with Crippen molar-refractivity contribution in [2.75, 3.05) is 26.2 Å². The van der Waals surface area contributed by atoms with E-state index in [-0.39, 0.29) is 23.8 Å². The van der Waals surface area contributed by atoms with Crippen molar-refractivity contribution in [2.24, 2.45) is 17.3 Å². The number of hydrogen-bond donors (Lipinski definition) is 3. The van der Waals surface area contributed by atoms with Gasteiger partial charge < -0.3 is 15.7 Å². The minimum Gasteiger partial charge on any atom is -0.396 e. The minimum atomic E-state index is -0.0368. The van der Waals surface area contributed by atoms with Gasteiger partial charge in [-0.3, -0.25) is 4.79 Å². The van der Waals surface area contributed by atoms with Crippen LogP contribution in [0, 0.1) is 17.3 Å². The monoisotopic (exact) mass is 240 g/mol. The predicted octanol–water partition coefficient (Wildman–Crippen LogP) is 0.511. The largest absolute Gasteiger partial charge is 0.396 e. The molecule has 0 aromatic rings. The van der Waals surface area contributed by atoms with E-state index in [9.17, 15) is 9.90 Å². The van der Waals surface area contributed by atoms with Crippen molar-refractivity contribution in [1.82, 2.24) is 10.6 Å². The number of aliphatic hydroxyl groups excluding tert-OH is 1. The molecule has 1 amide bonds. The fourth-order valence-corrected chi connectivity index (χ4v) is 3.08. The highest BCUT2D eigenvalue weighted by Gasteiger charge is 2.35. The molecule has 1 aliphatic carbocycles. The summed E-state index contributed by atoms with van der Waals surface area (Å²) in [5.74, 6) is 0.679. The zero-order valence-corrected chi connectivity index (χ0v) is 10.7. The highest BCUT2D eigenvalue weighted by atomic mass is 16.3. The molecule has 17 heavy (non-hydrogen) atoms. The summed E-state index contributed by atoms with van der Waals surface area (Å²) in [5, 5.41) is 15.8. The highest BCUT2D eigenvalue weighted by molar-refractivity contribution is 5.79. The van der Waals surface area contributed by atoms with Crippen LogP contribution in [0.5, 0.6) is 0 Å². The third kappa shape index (κ3) is 2.80. The third-order valence-electron chi connectivity index (χ3n) is 4.49. The van der Waals surface area contributed by atoms with Crippen LogP contribution in [0.15, 0.2) is 0 Å². The van der Waals surface area contributed by atoms with Crippen molar-refractivity contribution in [1.29, 1.82) is 0 Å². The first kappa shape index (κ1) is 12.8. The first-order valence-corrected chi connectivity index (χ1v) is 6.76. The van der Waals surface area contributed by atoms with E-state index >= 15 is 0 Å². The summed E-state index contributed by atoms with van der Waals surface area (Å²) in [5.41, 5.74) is -0.0368. The lowest BCUT2D eigenvalue weighted by atomic mass is 9.87. The standard InChI is InChI=1S/C13H24N2O2/c1-10-6-14-7-11(10)12(17)15-8-13(9-16)4-2-3-5-13/h10-11,14,16H,2-9H2,1H3,(H,15,17). The lowest BCUT2D eigenvalue weighted by molar-refractivity contribution is -0.126. The smallest absolute Gasteiger partial charge is 0.224 e. The molecule has 2 rings (SSSR count). The van der Waals surface area contributed by atoms with Gasteiger partial charge in [-0.25, -0.2) is 0 Å². The van der Waals surface area contributed by atoms with Crippen LogP contribution < -0.4 is 10.6 Å². The average Bonchev–Trinajstić information content (AvgIpc) is 2.95. The first-order chi connectivity index (χ1) is 8.17. The van der Waals surface area contributed by atoms with Gasteiger partial charge in [-0.05, 0) is 25.3 Å². The van der Waals surface area contributed by atoms with E-state index in [1.807, 2.05) is 0 Å². The topological polar surface area (TPSA) is 61.4 Å². The fraction of sp³-hybridized carbons (Fsp3) is 0.923. The van der Waals surface area contributed by atoms with Gasteiger partial charge in [0.1, 0.15) is 0 Å². The van der Waals surface area contributed by atoms with Gasteiger partial charge in [0.25, 0.3) is 0 Å². The molecule has 2 unspecified atom stereocenters. The summed E-state index contributed by atoms with van der Waals surface area (Å²) >= 11 is 0. The fourth-order valence-electron chi connectivity index (χ4n) is 3.08. The van der Waals surface area contributed by atoms with E-state index in [1.165, 1.54) is 12.8 Å². The van der Waals surface area contributed by atoms with Crippen LogP contribution in [-0.4, -0.2) is 37.3 Å². The maximum absolute atomic E-state index is 12.0. The molecule has 1 aliphatic heterocycles. The molecule has 4 heteroatoms. The molecule has 2 aliphatic rings. The molecule has 1 saturated heterocycles. The van der Waals surface area contributed by atoms with Crippen LogP contribution in [-0.2, 0) is 4.79 Å². The molecular weight excluding hydrogens is 216 g/mol. The van der Waals surface area contributed by atoms with Crippen LogP contribution >= 0.6 is 0 Å². The second-order valence-corrected chi connectivity index (χ2v) is 5.83. The van der Waals surface area contributed by atoms with E-state index in [4.69, 9.17) is 0 Å². The number of carbonyl (C=O) groups is 1. The molecule has 1 saturated carbocycles. The number of nitrogens with one attached hydrogen (secondary N) is 2. The van der Waals surface area contributed by atoms with Crippen LogP contribution in [0.25, 0.3) is 0 Å². The van der Waals surface area contributed by atoms with Crippen LogP contribution in [0.3, 0.4) is 0 Å². The maximum Gasteiger partial charge on any atom is 0.224 e. The predicted molar refractivity (Wildman–Crippen MR) is 66.5 cm³/mol. The Bertz CT molecular complexity index is 275. The molecule has 0 bridgehead atoms. The zero-order valence-electron chi connectivity index (χ0n) is 10.7. The summed E-state index contributed by atoms with van der Waals surface area (Å²) < 4.78 is 0. The number of amides is 1. The number of hydrogen-bond acceptors (Lipinski definition) is 3. The van der Waals surface area contributed by atoms with Gasteiger partial charge in [-0.2, -0.15) is 0 Å². The van der Waals surface area contributed by atoms with Crippen molar-refractivity contribution in [3.63, 3.8) is 0 Å². The Morgan fingerprint density at radius 3 is 2.65 bits per heavy atom. The molecule has 3 N–H and O–H groups in total. The molecule has 4 nitrogen and oxygen atoms in total. The number of rotatable bonds is 4. The van der Waals surface area contributed by atoms with Gasteiger partial charge >= 0.3 is 0 Å². The normalized spacial score (nSPS) is 31.6. The summed E-state index contributed by atoms with van der Waals surface area (Å²) in [6.07, 6.45) is 4.44. The van der Waals surface area contributed by atoms with E-state index in [1.54, 1.807) is 0 Å². The quantitative estimate of drug-likeness (QED) is 0.671. The Balaban J connectivity index is 1.82. The van der Waals surface area contributed by atoms with E-state index in [2.05, 4.69) is 17.6 Å². The molecule has 1 heterocycles. The molecule has 0 aromatic carbocycles. The van der Waals surface area contributed by atoms with Gasteiger partial charge in [0.15, 0.2) is 0 Å². The van der Waals surface area contributed by atoms with E-state index in [0.717, 1.165) is 25.9 Å². The third-order valence-corrected chi connectivity index (χ3v) is 4.49. The van der Waals surface area contributed by atoms with Crippen molar-refractivity contribution in [3.05, 3.63) is 0 Å². The number of aliphatic hydroxyl groups is 1. The molecule has 2 fully saturated rings. The van der Waals surface area contributed by atoms with Crippen LogP contribution in [0.4, 0.5) is 0 Å². The van der Waals surface area contributed by atoms with Crippen molar-refractivity contribution in [2.45, 2.75) is 32.6 Å². The molecule has 0 aromatic heterocycles. The Hall–Kier alpha value is -0.610. The molecule has 2 atom stereocenters. The Morgan fingerprint density at radius 2 is 2.12 bits per heavy atom. The Labute approximate surface area is 103 Å². The number of carbonyl (C=O) groups excluding carboxylic acids is 1. The average molecular weight is 240 g/mol. The van der Waals surface area contributed by atoms with Crippen molar-refractivity contribution >= 4 is 5.91 Å². The van der Waals surface area contributed by atoms with Gasteiger partial charge in [-0.15, -0.1) is 0 Å². The lowest BCUT2D eigenvalue weighted by Crippen LogP contribution is -2.42. The molecule has 0 radical (unpaired) electrons. The summed E-state index contributed by atoms with van der Waals surface area (Å²) in [6.45, 7) is 4.68. The Morgan fingerprint density at radius 1 is 1.41 bits per heavy atom. The first-order valence-electron chi connectivity index (χ1n) is 6.76.